The van der Waals surface area contributed by atoms with E-state index in [0.717, 1.165) is 23.7 Å². The molecule has 0 saturated carbocycles. The number of hydrogen-bond acceptors (Lipinski definition) is 2. The highest BCUT2D eigenvalue weighted by Gasteiger charge is 2.17. The Morgan fingerprint density at radius 3 is 2.67 bits per heavy atom. The van der Waals surface area contributed by atoms with E-state index in [1.165, 1.54) is 5.56 Å². The third-order valence-electron chi connectivity index (χ3n) is 3.01. The van der Waals surface area contributed by atoms with Gasteiger partial charge in [0.25, 0.3) is 0 Å². The summed E-state index contributed by atoms with van der Waals surface area (Å²) in [5.74, 6) is 0.140. The van der Waals surface area contributed by atoms with Gasteiger partial charge in [-0.25, -0.2) is 0 Å². The van der Waals surface area contributed by atoms with Gasteiger partial charge in [-0.2, -0.15) is 0 Å². The molecule has 0 N–H and O–H groups in total. The lowest BCUT2D eigenvalue weighted by Gasteiger charge is -2.16. The van der Waals surface area contributed by atoms with E-state index in [9.17, 15) is 4.79 Å². The van der Waals surface area contributed by atoms with E-state index in [1.807, 2.05) is 18.2 Å². The average Bonchev–Trinajstić information content (AvgIpc) is 2.37. The van der Waals surface area contributed by atoms with Gasteiger partial charge in [-0.05, 0) is 30.4 Å². The molecular formula is C15H21BrO2. The van der Waals surface area contributed by atoms with Crippen molar-refractivity contribution in [3.63, 3.8) is 0 Å². The smallest absolute Gasteiger partial charge is 0.306 e. The number of ether oxygens (including phenoxy) is 1. The molecule has 1 rings (SSSR count). The lowest BCUT2D eigenvalue weighted by Crippen LogP contribution is -2.11. The van der Waals surface area contributed by atoms with Crippen LogP contribution in [0.2, 0.25) is 0 Å². The van der Waals surface area contributed by atoms with Crippen LogP contribution in [0.4, 0.5) is 0 Å². The second-order valence-electron chi connectivity index (χ2n) is 4.40. The van der Waals surface area contributed by atoms with Gasteiger partial charge in [-0.3, -0.25) is 4.79 Å². The average molecular weight is 313 g/mol. The van der Waals surface area contributed by atoms with Crippen molar-refractivity contribution in [2.75, 3.05) is 6.61 Å². The molecule has 0 fully saturated rings. The molecule has 2 nitrogen and oxygen atoms in total. The summed E-state index contributed by atoms with van der Waals surface area (Å²) in [5.41, 5.74) is 1.19. The van der Waals surface area contributed by atoms with E-state index in [1.54, 1.807) is 0 Å². The Kier molecular flexibility index (Phi) is 7.02. The van der Waals surface area contributed by atoms with Crippen molar-refractivity contribution in [2.45, 2.75) is 45.4 Å². The van der Waals surface area contributed by atoms with Gasteiger partial charge in [0.05, 0.1) is 13.0 Å². The highest BCUT2D eigenvalue weighted by molar-refractivity contribution is 9.10. The number of esters is 1. The molecular weight excluding hydrogens is 292 g/mol. The third-order valence-corrected chi connectivity index (χ3v) is 3.73. The first kappa shape index (κ1) is 15.2. The van der Waals surface area contributed by atoms with Gasteiger partial charge in [-0.1, -0.05) is 54.4 Å². The Hall–Kier alpha value is -0.830. The van der Waals surface area contributed by atoms with Crippen molar-refractivity contribution >= 4 is 21.9 Å². The van der Waals surface area contributed by atoms with Crippen molar-refractivity contribution in [3.05, 3.63) is 34.3 Å². The third kappa shape index (κ3) is 4.81. The largest absolute Gasteiger partial charge is 0.466 e. The zero-order valence-corrected chi connectivity index (χ0v) is 12.7. The minimum atomic E-state index is -0.0916. The molecule has 0 amide bonds. The van der Waals surface area contributed by atoms with Crippen LogP contribution in [-0.2, 0) is 9.53 Å². The molecule has 0 aliphatic rings. The van der Waals surface area contributed by atoms with Crippen molar-refractivity contribution in [1.82, 2.24) is 0 Å². The predicted octanol–water partition coefficient (Wildman–Crippen LogP) is 4.68. The first-order chi connectivity index (χ1) is 8.69. The number of benzene rings is 1. The van der Waals surface area contributed by atoms with Gasteiger partial charge < -0.3 is 4.74 Å². The fourth-order valence-electron chi connectivity index (χ4n) is 1.87. The van der Waals surface area contributed by atoms with Crippen LogP contribution in [0.25, 0.3) is 0 Å². The monoisotopic (exact) mass is 312 g/mol. The first-order valence-corrected chi connectivity index (χ1v) is 7.38. The van der Waals surface area contributed by atoms with Gasteiger partial charge in [-0.15, -0.1) is 0 Å². The van der Waals surface area contributed by atoms with Crippen molar-refractivity contribution in [1.29, 1.82) is 0 Å². The second-order valence-corrected chi connectivity index (χ2v) is 5.26. The Morgan fingerprint density at radius 2 is 2.06 bits per heavy atom. The van der Waals surface area contributed by atoms with Gasteiger partial charge in [0.1, 0.15) is 0 Å². The molecule has 0 radical (unpaired) electrons. The molecule has 18 heavy (non-hydrogen) atoms. The summed E-state index contributed by atoms with van der Waals surface area (Å²) < 4.78 is 6.29. The van der Waals surface area contributed by atoms with Crippen LogP contribution in [0.15, 0.2) is 28.7 Å². The fourth-order valence-corrected chi connectivity index (χ4v) is 2.48. The number of rotatable bonds is 7. The normalized spacial score (nSPS) is 12.2. The van der Waals surface area contributed by atoms with Crippen molar-refractivity contribution in [3.8, 4) is 0 Å². The summed E-state index contributed by atoms with van der Waals surface area (Å²) in [6.45, 7) is 4.73. The van der Waals surface area contributed by atoms with Gasteiger partial charge in [0.15, 0.2) is 0 Å². The topological polar surface area (TPSA) is 26.3 Å². The minimum absolute atomic E-state index is 0.0916. The number of halogens is 1. The molecule has 0 heterocycles. The molecule has 0 aliphatic carbocycles. The number of carbonyl (C=O) groups is 1. The maximum atomic E-state index is 11.7. The SMILES string of the molecule is CCCCOC(=O)CC(CC)c1ccccc1Br. The first-order valence-electron chi connectivity index (χ1n) is 6.59. The van der Waals surface area contributed by atoms with Gasteiger partial charge >= 0.3 is 5.97 Å². The molecule has 0 aromatic heterocycles. The molecule has 0 bridgehead atoms. The van der Waals surface area contributed by atoms with Crippen LogP contribution in [-0.4, -0.2) is 12.6 Å². The molecule has 0 aliphatic heterocycles. The molecule has 1 unspecified atom stereocenters. The van der Waals surface area contributed by atoms with Crippen molar-refractivity contribution < 1.29 is 9.53 Å². The maximum absolute atomic E-state index is 11.7. The van der Waals surface area contributed by atoms with Crippen LogP contribution in [0, 0.1) is 0 Å². The van der Waals surface area contributed by atoms with Gasteiger partial charge in [0.2, 0.25) is 0 Å². The Balaban J connectivity index is 2.57. The zero-order chi connectivity index (χ0) is 13.4. The summed E-state index contributed by atoms with van der Waals surface area (Å²) in [6.07, 6.45) is 3.39. The van der Waals surface area contributed by atoms with E-state index in [0.29, 0.717) is 13.0 Å². The molecule has 0 spiro atoms. The predicted molar refractivity (Wildman–Crippen MR) is 77.7 cm³/mol. The highest BCUT2D eigenvalue weighted by Crippen LogP contribution is 2.29. The Bertz CT molecular complexity index is 377. The van der Waals surface area contributed by atoms with E-state index in [2.05, 4.69) is 35.8 Å². The van der Waals surface area contributed by atoms with E-state index in [-0.39, 0.29) is 11.9 Å². The molecule has 1 aromatic carbocycles. The number of carbonyl (C=O) groups excluding carboxylic acids is 1. The lowest BCUT2D eigenvalue weighted by atomic mass is 9.93. The van der Waals surface area contributed by atoms with Crippen LogP contribution < -0.4 is 0 Å². The van der Waals surface area contributed by atoms with Crippen LogP contribution in [0.3, 0.4) is 0 Å². The summed E-state index contributed by atoms with van der Waals surface area (Å²) >= 11 is 3.54. The fraction of sp³-hybridized carbons (Fsp3) is 0.533. The summed E-state index contributed by atoms with van der Waals surface area (Å²) in [6, 6.07) is 8.07. The van der Waals surface area contributed by atoms with E-state index in [4.69, 9.17) is 4.74 Å². The second kappa shape index (κ2) is 8.30. The lowest BCUT2D eigenvalue weighted by molar-refractivity contribution is -0.144. The molecule has 100 valence electrons. The highest BCUT2D eigenvalue weighted by atomic mass is 79.9. The van der Waals surface area contributed by atoms with Crippen LogP contribution >= 0.6 is 15.9 Å². The standard InChI is InChI=1S/C15H21BrO2/c1-3-5-10-18-15(17)11-12(4-2)13-8-6-7-9-14(13)16/h6-9,12H,3-5,10-11H2,1-2H3. The summed E-state index contributed by atoms with van der Waals surface area (Å²) in [5, 5.41) is 0. The molecule has 3 heteroatoms. The van der Waals surface area contributed by atoms with E-state index < -0.39 is 0 Å². The van der Waals surface area contributed by atoms with Crippen LogP contribution in [0.1, 0.15) is 51.0 Å². The maximum Gasteiger partial charge on any atom is 0.306 e. The quantitative estimate of drug-likeness (QED) is 0.540. The van der Waals surface area contributed by atoms with Crippen molar-refractivity contribution in [2.24, 2.45) is 0 Å². The molecule has 1 atom stereocenters. The Morgan fingerprint density at radius 1 is 1.33 bits per heavy atom. The molecule has 1 aromatic rings. The minimum Gasteiger partial charge on any atom is -0.466 e. The Labute approximate surface area is 118 Å². The van der Waals surface area contributed by atoms with Crippen LogP contribution in [0.5, 0.6) is 0 Å². The molecule has 0 saturated heterocycles. The summed E-state index contributed by atoms with van der Waals surface area (Å²) in [4.78, 5) is 11.7. The van der Waals surface area contributed by atoms with Gasteiger partial charge in [0, 0.05) is 4.47 Å². The zero-order valence-electron chi connectivity index (χ0n) is 11.1. The number of hydrogen-bond donors (Lipinski definition) is 0. The van der Waals surface area contributed by atoms with E-state index >= 15 is 0 Å². The summed E-state index contributed by atoms with van der Waals surface area (Å²) in [7, 11) is 0. The number of unbranched alkanes of at least 4 members (excludes halogenated alkanes) is 1.